The number of fused-ring (bicyclic) bond motifs is 1. The molecule has 2 aliphatic carbocycles. The van der Waals surface area contributed by atoms with E-state index in [4.69, 9.17) is 11.6 Å². The van der Waals surface area contributed by atoms with E-state index in [1.54, 1.807) is 0 Å². The second kappa shape index (κ2) is 6.61. The van der Waals surface area contributed by atoms with Crippen molar-refractivity contribution in [1.29, 1.82) is 0 Å². The Balaban J connectivity index is 2.11. The highest BCUT2D eigenvalue weighted by atomic mass is 35.5. The van der Waals surface area contributed by atoms with Gasteiger partial charge in [-0.2, -0.15) is 0 Å². The zero-order valence-electron chi connectivity index (χ0n) is 14.9. The van der Waals surface area contributed by atoms with Crippen LogP contribution in [0.2, 0.25) is 0 Å². The van der Waals surface area contributed by atoms with Crippen LogP contribution in [0.15, 0.2) is 0 Å². The number of alkyl halides is 1. The first-order chi connectivity index (χ1) is 10.1. The van der Waals surface area contributed by atoms with Crippen molar-refractivity contribution in [3.63, 3.8) is 0 Å². The fourth-order valence-corrected chi connectivity index (χ4v) is 5.67. The van der Waals surface area contributed by atoms with Gasteiger partial charge in [-0.3, -0.25) is 0 Å². The quantitative estimate of drug-likeness (QED) is 0.714. The number of rotatable bonds is 5. The normalized spacial score (nSPS) is 40.8. The van der Waals surface area contributed by atoms with Crippen LogP contribution < -0.4 is 0 Å². The van der Waals surface area contributed by atoms with Gasteiger partial charge in [0.15, 0.2) is 0 Å². The second-order valence-corrected chi connectivity index (χ2v) is 9.51. The Morgan fingerprint density at radius 3 is 2.45 bits per heavy atom. The molecule has 2 aliphatic rings. The van der Waals surface area contributed by atoms with Gasteiger partial charge < -0.3 is 10.2 Å². The van der Waals surface area contributed by atoms with Gasteiger partial charge in [-0.25, -0.2) is 0 Å². The molecule has 22 heavy (non-hydrogen) atoms. The fraction of sp³-hybridized carbons (Fsp3) is 1.00. The van der Waals surface area contributed by atoms with Crippen molar-refractivity contribution in [2.75, 3.05) is 5.88 Å². The zero-order chi connectivity index (χ0) is 16.6. The van der Waals surface area contributed by atoms with Crippen molar-refractivity contribution in [3.05, 3.63) is 0 Å². The van der Waals surface area contributed by atoms with Gasteiger partial charge in [0.05, 0.1) is 11.2 Å². The summed E-state index contributed by atoms with van der Waals surface area (Å²) in [6.07, 6.45) is 8.17. The van der Waals surface area contributed by atoms with Gasteiger partial charge in [-0.1, -0.05) is 20.3 Å². The first kappa shape index (κ1) is 18.5. The molecule has 0 bridgehead atoms. The minimum atomic E-state index is -0.699. The van der Waals surface area contributed by atoms with Crippen molar-refractivity contribution in [1.82, 2.24) is 0 Å². The summed E-state index contributed by atoms with van der Waals surface area (Å²) < 4.78 is 0. The topological polar surface area (TPSA) is 40.5 Å². The number of halogens is 1. The van der Waals surface area contributed by atoms with Gasteiger partial charge in [-0.05, 0) is 82.0 Å². The lowest BCUT2D eigenvalue weighted by atomic mass is 9.52. The molecule has 0 aromatic heterocycles. The first-order valence-corrected chi connectivity index (χ1v) is 9.63. The van der Waals surface area contributed by atoms with Crippen LogP contribution in [0, 0.1) is 23.2 Å². The van der Waals surface area contributed by atoms with E-state index in [0.717, 1.165) is 31.6 Å². The molecule has 2 saturated carbocycles. The Hall–Kier alpha value is 0.210. The summed E-state index contributed by atoms with van der Waals surface area (Å²) >= 11 is 5.80. The largest absolute Gasteiger partial charge is 0.390 e. The van der Waals surface area contributed by atoms with Crippen molar-refractivity contribution < 1.29 is 10.2 Å². The maximum atomic E-state index is 11.0. The molecule has 130 valence electrons. The lowest BCUT2D eigenvalue weighted by Crippen LogP contribution is -2.52. The van der Waals surface area contributed by atoms with Crippen LogP contribution in [0.1, 0.15) is 79.1 Å². The van der Waals surface area contributed by atoms with Gasteiger partial charge >= 0.3 is 0 Å². The number of hydrogen-bond acceptors (Lipinski definition) is 2. The summed E-state index contributed by atoms with van der Waals surface area (Å²) in [5.74, 6) is 2.14. The lowest BCUT2D eigenvalue weighted by molar-refractivity contribution is -0.125. The molecule has 2 rings (SSSR count). The molecule has 2 N–H and O–H groups in total. The first-order valence-electron chi connectivity index (χ1n) is 9.10. The van der Waals surface area contributed by atoms with Crippen molar-refractivity contribution in [2.45, 2.75) is 90.3 Å². The minimum absolute atomic E-state index is 0.313. The van der Waals surface area contributed by atoms with Crippen LogP contribution >= 0.6 is 11.6 Å². The summed E-state index contributed by atoms with van der Waals surface area (Å²) in [4.78, 5) is 0. The molecular weight excluding hydrogens is 296 g/mol. The van der Waals surface area contributed by atoms with Gasteiger partial charge in [0, 0.05) is 5.88 Å². The number of aliphatic hydroxyl groups is 2. The fourth-order valence-electron chi connectivity index (χ4n) is 5.26. The predicted molar refractivity (Wildman–Crippen MR) is 93.2 cm³/mol. The highest BCUT2D eigenvalue weighted by Gasteiger charge is 2.51. The maximum absolute atomic E-state index is 11.0. The third-order valence-corrected chi connectivity index (χ3v) is 6.97. The molecule has 0 radical (unpaired) electrons. The molecule has 0 aromatic carbocycles. The predicted octanol–water partition coefficient (Wildman–Crippen LogP) is 4.75. The number of hydrogen-bond donors (Lipinski definition) is 2. The van der Waals surface area contributed by atoms with E-state index >= 15 is 0 Å². The molecule has 0 aliphatic heterocycles. The van der Waals surface area contributed by atoms with Crippen LogP contribution in [-0.4, -0.2) is 27.3 Å². The van der Waals surface area contributed by atoms with E-state index in [1.807, 2.05) is 13.8 Å². The van der Waals surface area contributed by atoms with E-state index in [9.17, 15) is 10.2 Å². The monoisotopic (exact) mass is 330 g/mol. The van der Waals surface area contributed by atoms with Crippen LogP contribution in [0.4, 0.5) is 0 Å². The zero-order valence-corrected chi connectivity index (χ0v) is 15.6. The van der Waals surface area contributed by atoms with Crippen molar-refractivity contribution in [3.8, 4) is 0 Å². The second-order valence-electron chi connectivity index (χ2n) is 9.13. The highest BCUT2D eigenvalue weighted by molar-refractivity contribution is 6.17. The van der Waals surface area contributed by atoms with Crippen LogP contribution in [0.5, 0.6) is 0 Å². The molecule has 2 fully saturated rings. The highest BCUT2D eigenvalue weighted by Crippen LogP contribution is 2.56. The Morgan fingerprint density at radius 2 is 1.82 bits per heavy atom. The van der Waals surface area contributed by atoms with Gasteiger partial charge in [-0.15, -0.1) is 11.6 Å². The molecule has 0 spiro atoms. The molecular formula is C19H35ClO2. The third kappa shape index (κ3) is 3.99. The average Bonchev–Trinajstić information content (AvgIpc) is 2.36. The summed E-state index contributed by atoms with van der Waals surface area (Å²) in [6.45, 7) is 8.72. The van der Waals surface area contributed by atoms with E-state index in [0.29, 0.717) is 29.6 Å². The Morgan fingerprint density at radius 1 is 1.14 bits per heavy atom. The van der Waals surface area contributed by atoms with Crippen LogP contribution in [0.3, 0.4) is 0 Å². The summed E-state index contributed by atoms with van der Waals surface area (Å²) in [6, 6.07) is 0. The lowest BCUT2D eigenvalue weighted by Gasteiger charge is -2.55. The van der Waals surface area contributed by atoms with Gasteiger partial charge in [0.25, 0.3) is 0 Å². The summed E-state index contributed by atoms with van der Waals surface area (Å²) in [5, 5.41) is 21.4. The van der Waals surface area contributed by atoms with Gasteiger partial charge in [0.2, 0.25) is 0 Å². The standard InChI is InChI=1S/C19H35ClO2/c1-17(2)9-5-6-14-15(17)8-11-19(4,22)16(14)7-10-18(3,21)12-13-20/h14-16,21-22H,5-13H2,1-4H3/t14?,15-,16-,18+,19-/m1/s1. The molecule has 0 aromatic rings. The van der Waals surface area contributed by atoms with Crippen LogP contribution in [-0.2, 0) is 0 Å². The summed E-state index contributed by atoms with van der Waals surface area (Å²) in [7, 11) is 0. The van der Waals surface area contributed by atoms with E-state index in [1.165, 1.54) is 19.3 Å². The minimum Gasteiger partial charge on any atom is -0.390 e. The molecule has 2 nitrogen and oxygen atoms in total. The molecule has 0 saturated heterocycles. The summed E-state index contributed by atoms with van der Waals surface area (Å²) in [5.41, 5.74) is -0.878. The molecule has 0 amide bonds. The van der Waals surface area contributed by atoms with Gasteiger partial charge in [0.1, 0.15) is 0 Å². The van der Waals surface area contributed by atoms with Crippen molar-refractivity contribution in [2.24, 2.45) is 23.2 Å². The van der Waals surface area contributed by atoms with E-state index in [-0.39, 0.29) is 0 Å². The van der Waals surface area contributed by atoms with E-state index in [2.05, 4.69) is 13.8 Å². The molecule has 1 unspecified atom stereocenters. The Bertz CT molecular complexity index is 376. The van der Waals surface area contributed by atoms with Crippen molar-refractivity contribution >= 4 is 11.6 Å². The van der Waals surface area contributed by atoms with E-state index < -0.39 is 11.2 Å². The Labute approximate surface area is 141 Å². The van der Waals surface area contributed by atoms with Crippen LogP contribution in [0.25, 0.3) is 0 Å². The molecule has 0 heterocycles. The molecule has 5 atom stereocenters. The molecule has 3 heteroatoms. The third-order valence-electron chi connectivity index (χ3n) is 6.78. The Kier molecular flexibility index (Phi) is 5.57. The smallest absolute Gasteiger partial charge is 0.0650 e. The maximum Gasteiger partial charge on any atom is 0.0650 e. The average molecular weight is 331 g/mol. The SMILES string of the molecule is CC1(C)CCCC2[C@H]1CC[C@@](C)(O)[C@@H]2CC[C@](C)(O)CCCl.